The third-order valence-electron chi connectivity index (χ3n) is 5.69. The number of aromatic amines is 1. The number of aromatic nitrogens is 4. The summed E-state index contributed by atoms with van der Waals surface area (Å²) in [5.74, 6) is -1.04. The number of halogens is 1. The van der Waals surface area contributed by atoms with E-state index in [1.165, 1.54) is 21.7 Å². The molecule has 0 unspecified atom stereocenters. The Morgan fingerprint density at radius 3 is 2.81 bits per heavy atom. The summed E-state index contributed by atoms with van der Waals surface area (Å²) in [6.07, 6.45) is 3.12. The van der Waals surface area contributed by atoms with E-state index in [1.807, 2.05) is 12.1 Å². The normalized spacial score (nSPS) is 13.2. The zero-order valence-electron chi connectivity index (χ0n) is 16.9. The Labute approximate surface area is 181 Å². The Balaban J connectivity index is 1.43. The molecular formula is C23H18FN5O3. The van der Waals surface area contributed by atoms with Gasteiger partial charge in [0.25, 0.3) is 11.5 Å². The molecule has 9 heteroatoms. The number of rotatable bonds is 4. The van der Waals surface area contributed by atoms with Crippen molar-refractivity contribution in [3.05, 3.63) is 92.9 Å². The zero-order valence-corrected chi connectivity index (χ0v) is 16.9. The molecule has 0 saturated heterocycles. The van der Waals surface area contributed by atoms with Gasteiger partial charge >= 0.3 is 0 Å². The number of benzene rings is 2. The molecule has 8 nitrogen and oxygen atoms in total. The quantitative estimate of drug-likeness (QED) is 0.499. The monoisotopic (exact) mass is 431 g/mol. The van der Waals surface area contributed by atoms with Crippen LogP contribution in [0.25, 0.3) is 10.8 Å². The van der Waals surface area contributed by atoms with E-state index < -0.39 is 11.7 Å². The molecule has 0 spiro atoms. The van der Waals surface area contributed by atoms with Gasteiger partial charge in [0.2, 0.25) is 6.41 Å². The average molecular weight is 431 g/mol. The van der Waals surface area contributed by atoms with E-state index >= 15 is 0 Å². The van der Waals surface area contributed by atoms with Gasteiger partial charge in [-0.25, -0.2) is 14.2 Å². The van der Waals surface area contributed by atoms with Crippen molar-refractivity contribution in [2.45, 2.75) is 19.4 Å². The van der Waals surface area contributed by atoms with Gasteiger partial charge in [-0.1, -0.05) is 24.3 Å². The van der Waals surface area contributed by atoms with Crippen molar-refractivity contribution in [3.63, 3.8) is 0 Å². The minimum atomic E-state index is -0.609. The van der Waals surface area contributed by atoms with E-state index in [0.29, 0.717) is 53.5 Å². The Hall–Kier alpha value is -4.14. The molecule has 3 heterocycles. The van der Waals surface area contributed by atoms with Gasteiger partial charge in [-0.05, 0) is 35.7 Å². The molecule has 1 N–H and O–H groups in total. The lowest BCUT2D eigenvalue weighted by Gasteiger charge is -2.26. The van der Waals surface area contributed by atoms with Crippen molar-refractivity contribution < 1.29 is 14.0 Å². The van der Waals surface area contributed by atoms with Gasteiger partial charge in [0.05, 0.1) is 28.9 Å². The van der Waals surface area contributed by atoms with Crippen LogP contribution in [0.15, 0.2) is 53.5 Å². The fourth-order valence-corrected chi connectivity index (χ4v) is 4.07. The van der Waals surface area contributed by atoms with Gasteiger partial charge in [-0.15, -0.1) is 0 Å². The van der Waals surface area contributed by atoms with Gasteiger partial charge in [0.15, 0.2) is 0 Å². The Kier molecular flexibility index (Phi) is 4.85. The third-order valence-corrected chi connectivity index (χ3v) is 5.69. The number of nitrogens with one attached hydrogen (secondary N) is 1. The van der Waals surface area contributed by atoms with Gasteiger partial charge in [0, 0.05) is 24.5 Å². The molecule has 0 radical (unpaired) electrons. The van der Waals surface area contributed by atoms with E-state index in [9.17, 15) is 18.8 Å². The van der Waals surface area contributed by atoms with Gasteiger partial charge in [-0.2, -0.15) is 10.2 Å². The largest absolute Gasteiger partial charge is 0.332 e. The van der Waals surface area contributed by atoms with Crippen molar-refractivity contribution in [2.24, 2.45) is 0 Å². The highest BCUT2D eigenvalue weighted by Crippen LogP contribution is 2.22. The highest BCUT2D eigenvalue weighted by atomic mass is 19.1. The molecule has 32 heavy (non-hydrogen) atoms. The van der Waals surface area contributed by atoms with Crippen LogP contribution in [0.1, 0.15) is 32.9 Å². The fraction of sp³-hybridized carbons (Fsp3) is 0.174. The second-order valence-electron chi connectivity index (χ2n) is 7.70. The summed E-state index contributed by atoms with van der Waals surface area (Å²) in [5, 5.41) is 12.0. The molecule has 1 amide bonds. The summed E-state index contributed by atoms with van der Waals surface area (Å²) in [5.41, 5.74) is 2.56. The molecule has 0 saturated carbocycles. The molecule has 160 valence electrons. The maximum atomic E-state index is 14.6. The Bertz CT molecular complexity index is 1420. The SMILES string of the molecule is O=Cn1cc2c(n1)CN(C(=O)c1cc(Cc3n[nH]c(=O)c4ccccc34)ccc1F)CC2. The van der Waals surface area contributed by atoms with Crippen LogP contribution in [0.2, 0.25) is 0 Å². The maximum Gasteiger partial charge on any atom is 0.272 e. The topological polar surface area (TPSA) is 101 Å². The number of carbonyl (C=O) groups excluding carboxylic acids is 2. The standard InChI is InChI=1S/C23H18FN5O3/c24-19-6-5-14(10-20-16-3-1-2-4-17(16)22(31)26-25-20)9-18(19)23(32)28-8-7-15-11-29(13-30)27-21(15)12-28/h1-6,9,11,13H,7-8,10,12H2,(H,26,31). The van der Waals surface area contributed by atoms with Crippen molar-refractivity contribution in [3.8, 4) is 0 Å². The number of nitrogens with zero attached hydrogens (tertiary/aromatic N) is 4. The smallest absolute Gasteiger partial charge is 0.272 e. The average Bonchev–Trinajstić information content (AvgIpc) is 3.24. The van der Waals surface area contributed by atoms with Crippen LogP contribution in [-0.4, -0.2) is 43.7 Å². The van der Waals surface area contributed by atoms with Gasteiger partial charge in [-0.3, -0.25) is 14.4 Å². The zero-order chi connectivity index (χ0) is 22.2. The predicted molar refractivity (Wildman–Crippen MR) is 114 cm³/mol. The minimum Gasteiger partial charge on any atom is -0.332 e. The van der Waals surface area contributed by atoms with Crippen molar-refractivity contribution in [2.75, 3.05) is 6.54 Å². The van der Waals surface area contributed by atoms with Crippen molar-refractivity contribution in [1.82, 2.24) is 24.9 Å². The molecular weight excluding hydrogens is 413 g/mol. The predicted octanol–water partition coefficient (Wildman–Crippen LogP) is 2.09. The molecule has 2 aromatic carbocycles. The fourth-order valence-electron chi connectivity index (χ4n) is 4.07. The molecule has 1 aliphatic rings. The first-order chi connectivity index (χ1) is 15.5. The van der Waals surface area contributed by atoms with Crippen LogP contribution in [0.3, 0.4) is 0 Å². The van der Waals surface area contributed by atoms with Crippen LogP contribution in [0.5, 0.6) is 0 Å². The van der Waals surface area contributed by atoms with E-state index in [0.717, 1.165) is 5.56 Å². The van der Waals surface area contributed by atoms with E-state index in [2.05, 4.69) is 15.3 Å². The summed E-state index contributed by atoms with van der Waals surface area (Å²) in [7, 11) is 0. The number of hydrogen-bond donors (Lipinski definition) is 1. The van der Waals surface area contributed by atoms with Gasteiger partial charge < -0.3 is 4.90 Å². The van der Waals surface area contributed by atoms with Crippen LogP contribution in [-0.2, 0) is 24.2 Å². The second-order valence-corrected chi connectivity index (χ2v) is 7.70. The lowest BCUT2D eigenvalue weighted by Crippen LogP contribution is -2.36. The summed E-state index contributed by atoms with van der Waals surface area (Å²) in [6, 6.07) is 11.5. The van der Waals surface area contributed by atoms with Gasteiger partial charge in [0.1, 0.15) is 5.82 Å². The lowest BCUT2D eigenvalue weighted by atomic mass is 10.0. The van der Waals surface area contributed by atoms with Crippen LogP contribution in [0, 0.1) is 5.82 Å². The highest BCUT2D eigenvalue weighted by molar-refractivity contribution is 5.95. The van der Waals surface area contributed by atoms with Crippen LogP contribution in [0.4, 0.5) is 4.39 Å². The first-order valence-corrected chi connectivity index (χ1v) is 10.1. The molecule has 0 aliphatic carbocycles. The van der Waals surface area contributed by atoms with Crippen molar-refractivity contribution >= 4 is 23.1 Å². The van der Waals surface area contributed by atoms with E-state index in [-0.39, 0.29) is 17.7 Å². The summed E-state index contributed by atoms with van der Waals surface area (Å²) in [6.45, 7) is 0.622. The minimum absolute atomic E-state index is 0.0329. The van der Waals surface area contributed by atoms with Crippen LogP contribution >= 0.6 is 0 Å². The summed E-state index contributed by atoms with van der Waals surface area (Å²) < 4.78 is 15.8. The molecule has 2 aromatic heterocycles. The highest BCUT2D eigenvalue weighted by Gasteiger charge is 2.26. The molecule has 5 rings (SSSR count). The molecule has 1 aliphatic heterocycles. The first-order valence-electron chi connectivity index (χ1n) is 10.1. The molecule has 0 fully saturated rings. The molecule has 4 aromatic rings. The first kappa shape index (κ1) is 19.8. The number of carbonyl (C=O) groups is 2. The Morgan fingerprint density at radius 1 is 1.19 bits per heavy atom. The number of amides is 1. The van der Waals surface area contributed by atoms with E-state index in [4.69, 9.17) is 0 Å². The molecule has 0 atom stereocenters. The molecule has 0 bridgehead atoms. The maximum absolute atomic E-state index is 14.6. The lowest BCUT2D eigenvalue weighted by molar-refractivity contribution is 0.0727. The number of hydrogen-bond acceptors (Lipinski definition) is 5. The Morgan fingerprint density at radius 2 is 2.00 bits per heavy atom. The van der Waals surface area contributed by atoms with Crippen LogP contribution < -0.4 is 5.56 Å². The number of fused-ring (bicyclic) bond motifs is 2. The third kappa shape index (κ3) is 3.47. The summed E-state index contributed by atoms with van der Waals surface area (Å²) in [4.78, 5) is 37.6. The van der Waals surface area contributed by atoms with Crippen molar-refractivity contribution in [1.29, 1.82) is 0 Å². The summed E-state index contributed by atoms with van der Waals surface area (Å²) >= 11 is 0. The second kappa shape index (κ2) is 7.84. The van der Waals surface area contributed by atoms with E-state index in [1.54, 1.807) is 24.4 Å². The number of H-pyrrole nitrogens is 1.